The number of aromatic nitrogens is 2. The van der Waals surface area contributed by atoms with Gasteiger partial charge in [0.1, 0.15) is 5.65 Å². The molecule has 0 aliphatic carbocycles. The van der Waals surface area contributed by atoms with E-state index in [9.17, 15) is 0 Å². The van der Waals surface area contributed by atoms with E-state index in [0.29, 0.717) is 0 Å². The lowest BCUT2D eigenvalue weighted by Gasteiger charge is -2.19. The van der Waals surface area contributed by atoms with Gasteiger partial charge in [0.15, 0.2) is 0 Å². The summed E-state index contributed by atoms with van der Waals surface area (Å²) in [5, 5.41) is 13.6. The van der Waals surface area contributed by atoms with Gasteiger partial charge in [-0.25, -0.2) is 4.98 Å². The number of hydrogen-bond donors (Lipinski definition) is 0. The van der Waals surface area contributed by atoms with Gasteiger partial charge in [-0.2, -0.15) is 0 Å². The summed E-state index contributed by atoms with van der Waals surface area (Å²) in [4.78, 5) is 5.12. The number of imidazole rings is 1. The van der Waals surface area contributed by atoms with Crippen LogP contribution in [-0.2, 0) is 0 Å². The first-order valence-corrected chi connectivity index (χ1v) is 21.0. The minimum atomic E-state index is 0.993. The van der Waals surface area contributed by atoms with Gasteiger partial charge in [-0.05, 0) is 142 Å². The molecule has 0 fully saturated rings. The highest BCUT2D eigenvalue weighted by Gasteiger charge is 2.19. The fourth-order valence-corrected chi connectivity index (χ4v) is 10.0. The third-order valence-electron chi connectivity index (χ3n) is 12.9. The first-order chi connectivity index (χ1) is 30.2. The van der Waals surface area contributed by atoms with Crippen molar-refractivity contribution in [3.8, 4) is 44.5 Å². The Morgan fingerprint density at radius 2 is 0.705 bits per heavy atom. The summed E-state index contributed by atoms with van der Waals surface area (Å²) in [6.45, 7) is 0. The normalized spacial score (nSPS) is 11.9. The van der Waals surface area contributed by atoms with E-state index in [4.69, 9.17) is 4.98 Å². The van der Waals surface area contributed by atoms with Crippen molar-refractivity contribution in [2.75, 3.05) is 0 Å². The molecule has 2 aromatic heterocycles. The molecule has 0 saturated carbocycles. The second kappa shape index (κ2) is 13.2. The molecule has 0 amide bonds. The van der Waals surface area contributed by atoms with E-state index in [2.05, 4.69) is 223 Å². The molecule has 0 radical (unpaired) electrons. The second-order valence-corrected chi connectivity index (χ2v) is 16.3. The third kappa shape index (κ3) is 5.26. The van der Waals surface area contributed by atoms with Crippen LogP contribution in [0.4, 0.5) is 0 Å². The maximum atomic E-state index is 5.12. The Morgan fingerprint density at radius 3 is 1.34 bits per heavy atom. The third-order valence-corrected chi connectivity index (χ3v) is 12.9. The van der Waals surface area contributed by atoms with Gasteiger partial charge in [0, 0.05) is 10.8 Å². The van der Waals surface area contributed by atoms with Crippen LogP contribution in [0.5, 0.6) is 0 Å². The molecule has 0 aliphatic rings. The van der Waals surface area contributed by atoms with Crippen molar-refractivity contribution in [3.05, 3.63) is 218 Å². The van der Waals surface area contributed by atoms with Crippen molar-refractivity contribution in [1.29, 1.82) is 0 Å². The Morgan fingerprint density at radius 1 is 0.262 bits per heavy atom. The summed E-state index contributed by atoms with van der Waals surface area (Å²) in [5.74, 6) is 0. The molecule has 13 rings (SSSR count). The van der Waals surface area contributed by atoms with E-state index in [1.54, 1.807) is 0 Å². The average molecular weight is 773 g/mol. The van der Waals surface area contributed by atoms with Gasteiger partial charge in [0.25, 0.3) is 0 Å². The lowest BCUT2D eigenvalue weighted by atomic mass is 9.84. The van der Waals surface area contributed by atoms with Gasteiger partial charge < -0.3 is 0 Å². The van der Waals surface area contributed by atoms with Crippen LogP contribution in [0, 0.1) is 0 Å². The molecule has 0 saturated heterocycles. The van der Waals surface area contributed by atoms with E-state index in [-0.39, 0.29) is 0 Å². The zero-order valence-electron chi connectivity index (χ0n) is 33.2. The molecule has 0 N–H and O–H groups in total. The van der Waals surface area contributed by atoms with Crippen molar-refractivity contribution in [1.82, 2.24) is 9.38 Å². The Kier molecular flexibility index (Phi) is 7.34. The fraction of sp³-hybridized carbons (Fsp3) is 0. The van der Waals surface area contributed by atoms with Crippen molar-refractivity contribution >= 4 is 81.4 Å². The molecule has 61 heavy (non-hydrogen) atoms. The van der Waals surface area contributed by atoms with E-state index < -0.39 is 0 Å². The minimum Gasteiger partial charge on any atom is -0.292 e. The van der Waals surface area contributed by atoms with Crippen LogP contribution in [-0.4, -0.2) is 9.38 Å². The molecule has 0 spiro atoms. The highest BCUT2D eigenvalue weighted by molar-refractivity contribution is 6.23. The van der Waals surface area contributed by atoms with Gasteiger partial charge in [-0.1, -0.05) is 170 Å². The SMILES string of the molecule is c1ccc2cc(-c3c4ccccc4c(-c4ccc5ccccc5c4)c4cc(-c5ccc(-c6ccc7c(c6)c6ccccc6n6c8ccccc8nc76)cc5)ccc34)ccc2c1. The van der Waals surface area contributed by atoms with Gasteiger partial charge in [0.2, 0.25) is 0 Å². The second-order valence-electron chi connectivity index (χ2n) is 16.3. The Hall–Kier alpha value is -8.07. The number of hydrogen-bond acceptors (Lipinski definition) is 1. The molecule has 2 nitrogen and oxygen atoms in total. The lowest BCUT2D eigenvalue weighted by molar-refractivity contribution is 1.31. The molecule has 13 aromatic rings. The monoisotopic (exact) mass is 772 g/mol. The predicted octanol–water partition coefficient (Wildman–Crippen LogP) is 16.1. The molecular weight excluding hydrogens is 737 g/mol. The molecule has 0 aliphatic heterocycles. The van der Waals surface area contributed by atoms with Crippen LogP contribution < -0.4 is 0 Å². The summed E-state index contributed by atoms with van der Waals surface area (Å²) < 4.78 is 2.31. The first-order valence-electron chi connectivity index (χ1n) is 21.0. The summed E-state index contributed by atoms with van der Waals surface area (Å²) in [6.07, 6.45) is 0. The highest BCUT2D eigenvalue weighted by Crippen LogP contribution is 2.46. The number of fused-ring (bicyclic) bond motifs is 12. The van der Waals surface area contributed by atoms with Gasteiger partial charge in [-0.3, -0.25) is 4.40 Å². The van der Waals surface area contributed by atoms with Crippen molar-refractivity contribution in [2.45, 2.75) is 0 Å². The summed E-state index contributed by atoms with van der Waals surface area (Å²) in [6, 6.07) is 80.3. The molecule has 0 atom stereocenters. The van der Waals surface area contributed by atoms with Crippen LogP contribution >= 0.6 is 0 Å². The maximum Gasteiger partial charge on any atom is 0.146 e. The predicted molar refractivity (Wildman–Crippen MR) is 259 cm³/mol. The number of pyridine rings is 1. The Balaban J connectivity index is 0.985. The van der Waals surface area contributed by atoms with Crippen molar-refractivity contribution in [3.63, 3.8) is 0 Å². The van der Waals surface area contributed by atoms with Gasteiger partial charge >= 0.3 is 0 Å². The standard InChI is InChI=1S/C59H36N2/c1-3-13-41-33-45(27-25-37(41)11-1)57-48-16-5-6-17-49(48)58(46-28-26-38-12-2-4-14-42(38)34-46)53-36-44(29-31-50(53)57)40-23-21-39(22-24-40)43-30-32-51-52(35-43)47-15-7-9-19-55(47)61-56-20-10-8-18-54(56)60-59(51)61/h1-36H. The number of nitrogens with zero attached hydrogens (tertiary/aromatic N) is 2. The molecule has 11 aromatic carbocycles. The minimum absolute atomic E-state index is 0.993. The van der Waals surface area contributed by atoms with E-state index in [1.807, 2.05) is 0 Å². The lowest BCUT2D eigenvalue weighted by Crippen LogP contribution is -1.92. The van der Waals surface area contributed by atoms with Crippen LogP contribution in [0.2, 0.25) is 0 Å². The Labute approximate surface area is 352 Å². The zero-order chi connectivity index (χ0) is 40.0. The molecular formula is C59H36N2. The molecule has 0 bridgehead atoms. The largest absolute Gasteiger partial charge is 0.292 e. The number of benzene rings is 11. The summed E-state index contributed by atoms with van der Waals surface area (Å²) >= 11 is 0. The van der Waals surface area contributed by atoms with Crippen molar-refractivity contribution < 1.29 is 0 Å². The first kappa shape index (κ1) is 33.9. The van der Waals surface area contributed by atoms with Crippen LogP contribution in [0.3, 0.4) is 0 Å². The average Bonchev–Trinajstić information content (AvgIpc) is 3.73. The van der Waals surface area contributed by atoms with E-state index >= 15 is 0 Å². The zero-order valence-corrected chi connectivity index (χ0v) is 33.2. The maximum absolute atomic E-state index is 5.12. The quantitative estimate of drug-likeness (QED) is 0.129. The molecule has 282 valence electrons. The van der Waals surface area contributed by atoms with E-state index in [0.717, 1.165) is 22.1 Å². The van der Waals surface area contributed by atoms with Crippen molar-refractivity contribution in [2.24, 2.45) is 0 Å². The molecule has 0 unspecified atom stereocenters. The Bertz CT molecular complexity index is 3930. The summed E-state index contributed by atoms with van der Waals surface area (Å²) in [5.41, 5.74) is 14.0. The smallest absolute Gasteiger partial charge is 0.146 e. The number of rotatable bonds is 4. The fourth-order valence-electron chi connectivity index (χ4n) is 10.0. The van der Waals surface area contributed by atoms with Crippen LogP contribution in [0.25, 0.3) is 126 Å². The van der Waals surface area contributed by atoms with E-state index in [1.165, 1.54) is 104 Å². The van der Waals surface area contributed by atoms with Gasteiger partial charge in [-0.15, -0.1) is 0 Å². The number of para-hydroxylation sites is 3. The molecule has 2 heterocycles. The van der Waals surface area contributed by atoms with Gasteiger partial charge in [0.05, 0.1) is 16.6 Å². The molecule has 2 heteroatoms. The topological polar surface area (TPSA) is 17.3 Å². The van der Waals surface area contributed by atoms with Crippen LogP contribution in [0.1, 0.15) is 0 Å². The van der Waals surface area contributed by atoms with Crippen LogP contribution in [0.15, 0.2) is 218 Å². The summed E-state index contributed by atoms with van der Waals surface area (Å²) in [7, 11) is 0. The highest BCUT2D eigenvalue weighted by atomic mass is 15.0.